The fourth-order valence-electron chi connectivity index (χ4n) is 1.12. The van der Waals surface area contributed by atoms with E-state index in [4.69, 9.17) is 21.1 Å². The van der Waals surface area contributed by atoms with Crippen LogP contribution in [0.2, 0.25) is 5.02 Å². The Balaban J connectivity index is 0. The molecule has 0 bridgehead atoms. The average Bonchev–Trinajstić information content (AvgIpc) is 2.29. The minimum atomic E-state index is -0.405. The van der Waals surface area contributed by atoms with Gasteiger partial charge in [0.05, 0.1) is 11.6 Å². The summed E-state index contributed by atoms with van der Waals surface area (Å²) in [6.07, 6.45) is 0.196. The van der Waals surface area contributed by atoms with Crippen LogP contribution >= 0.6 is 11.6 Å². The van der Waals surface area contributed by atoms with Gasteiger partial charge in [0.15, 0.2) is 0 Å². The third kappa shape index (κ3) is 6.43. The maximum atomic E-state index is 10.3. The van der Waals surface area contributed by atoms with E-state index in [-0.39, 0.29) is 37.1 Å². The van der Waals surface area contributed by atoms with Crippen LogP contribution in [0.25, 0.3) is 0 Å². The molecule has 0 saturated carbocycles. The first-order valence-electron chi connectivity index (χ1n) is 5.11. The predicted octanol–water partition coefficient (Wildman–Crippen LogP) is -0.172. The van der Waals surface area contributed by atoms with Gasteiger partial charge in [0, 0.05) is 0 Å². The first-order chi connectivity index (χ1) is 7.63. The Morgan fingerprint density at radius 2 is 2.06 bits per heavy atom. The zero-order valence-corrected chi connectivity index (χ0v) is 13.1. The molecule has 2 unspecified atom stereocenters. The number of para-hydroxylation sites is 1. The number of hydrogen-bond donors (Lipinski definition) is 0. The quantitative estimate of drug-likeness (QED) is 0.530. The van der Waals surface area contributed by atoms with Gasteiger partial charge in [-0.05, 0) is 26.0 Å². The molecule has 0 fully saturated rings. The van der Waals surface area contributed by atoms with Gasteiger partial charge in [-0.25, -0.2) is 0 Å². The Labute approximate surface area is 130 Å². The Hall–Kier alpha value is -0.0600. The van der Waals surface area contributed by atoms with Crippen LogP contribution in [0.4, 0.5) is 0 Å². The van der Waals surface area contributed by atoms with Crippen molar-refractivity contribution in [3.05, 3.63) is 29.3 Å². The normalized spacial score (nSPS) is 13.4. The molecule has 0 N–H and O–H groups in total. The van der Waals surface area contributed by atoms with E-state index < -0.39 is 6.10 Å². The molecule has 0 aliphatic rings. The fourth-order valence-corrected chi connectivity index (χ4v) is 1.30. The van der Waals surface area contributed by atoms with E-state index in [0.29, 0.717) is 17.4 Å². The van der Waals surface area contributed by atoms with E-state index in [1.807, 2.05) is 19.1 Å². The van der Waals surface area contributed by atoms with E-state index in [2.05, 4.69) is 0 Å². The standard InChI is InChI=1S/C12H15ClO3.Na.H/c1-9(7-14)15-8-10(2)16-12-6-4-3-5-11(12)13;;/h3-7,9-10H,8H2,1-2H3;;/q;+1;-1. The number of aldehydes is 1. The van der Waals surface area contributed by atoms with E-state index in [9.17, 15) is 4.79 Å². The fraction of sp³-hybridized carbons (Fsp3) is 0.417. The molecule has 3 nitrogen and oxygen atoms in total. The van der Waals surface area contributed by atoms with Gasteiger partial charge in [-0.3, -0.25) is 0 Å². The molecular weight excluding hydrogens is 251 g/mol. The zero-order chi connectivity index (χ0) is 12.0. The molecule has 0 spiro atoms. The molecule has 0 amide bonds. The molecule has 1 aromatic carbocycles. The van der Waals surface area contributed by atoms with E-state index in [1.165, 1.54) is 0 Å². The average molecular weight is 267 g/mol. The number of rotatable bonds is 6. The number of carbonyl (C=O) groups excluding carboxylic acids is 1. The van der Waals surface area contributed by atoms with Crippen molar-refractivity contribution in [3.63, 3.8) is 0 Å². The van der Waals surface area contributed by atoms with Crippen molar-refractivity contribution in [2.24, 2.45) is 0 Å². The Morgan fingerprint density at radius 1 is 1.41 bits per heavy atom. The summed E-state index contributed by atoms with van der Waals surface area (Å²) in [6, 6.07) is 7.24. The molecule has 0 heterocycles. The number of benzene rings is 1. The van der Waals surface area contributed by atoms with Crippen LogP contribution in [0.5, 0.6) is 5.75 Å². The van der Waals surface area contributed by atoms with Crippen molar-refractivity contribution in [1.29, 1.82) is 0 Å². The van der Waals surface area contributed by atoms with Crippen molar-refractivity contribution >= 4 is 17.9 Å². The summed E-state index contributed by atoms with van der Waals surface area (Å²) in [5, 5.41) is 0.567. The van der Waals surface area contributed by atoms with Gasteiger partial charge in [0.1, 0.15) is 24.2 Å². The zero-order valence-electron chi connectivity index (χ0n) is 11.4. The third-order valence-electron chi connectivity index (χ3n) is 1.95. The Bertz CT molecular complexity index is 352. The summed E-state index contributed by atoms with van der Waals surface area (Å²) < 4.78 is 10.8. The SMILES string of the molecule is CC(C=O)OCC(C)Oc1ccccc1Cl.[H-].[Na+]. The van der Waals surface area contributed by atoms with Gasteiger partial charge in [0.25, 0.3) is 0 Å². The summed E-state index contributed by atoms with van der Waals surface area (Å²) in [4.78, 5) is 10.3. The first-order valence-corrected chi connectivity index (χ1v) is 5.49. The largest absolute Gasteiger partial charge is 1.00 e. The van der Waals surface area contributed by atoms with Gasteiger partial charge in [-0.2, -0.15) is 0 Å². The van der Waals surface area contributed by atoms with E-state index in [0.717, 1.165) is 6.29 Å². The summed E-state index contributed by atoms with van der Waals surface area (Å²) in [5.74, 6) is 0.624. The van der Waals surface area contributed by atoms with E-state index >= 15 is 0 Å². The van der Waals surface area contributed by atoms with Crippen LogP contribution in [-0.2, 0) is 9.53 Å². The molecule has 0 aliphatic carbocycles. The minimum absolute atomic E-state index is 0. The summed E-state index contributed by atoms with van der Waals surface area (Å²) >= 11 is 5.94. The van der Waals surface area contributed by atoms with Gasteiger partial charge in [-0.15, -0.1) is 0 Å². The Kier molecular flexibility index (Phi) is 8.92. The topological polar surface area (TPSA) is 35.5 Å². The molecule has 2 atom stereocenters. The van der Waals surface area contributed by atoms with Crippen molar-refractivity contribution in [3.8, 4) is 5.75 Å². The minimum Gasteiger partial charge on any atom is -1.00 e. The van der Waals surface area contributed by atoms with Crippen LogP contribution in [-0.4, -0.2) is 25.1 Å². The van der Waals surface area contributed by atoms with Crippen LogP contribution in [0.3, 0.4) is 0 Å². The summed E-state index contributed by atoms with van der Waals surface area (Å²) in [7, 11) is 0. The predicted molar refractivity (Wildman–Crippen MR) is 64.1 cm³/mol. The van der Waals surface area contributed by atoms with Gasteiger partial charge >= 0.3 is 29.6 Å². The number of hydrogen-bond acceptors (Lipinski definition) is 3. The second-order valence-electron chi connectivity index (χ2n) is 3.53. The molecule has 5 heteroatoms. The molecule has 1 aromatic rings. The monoisotopic (exact) mass is 266 g/mol. The second kappa shape index (κ2) is 8.95. The molecule has 1 rings (SSSR count). The van der Waals surface area contributed by atoms with Crippen LogP contribution < -0.4 is 34.3 Å². The summed E-state index contributed by atoms with van der Waals surface area (Å²) in [6.45, 7) is 3.90. The van der Waals surface area contributed by atoms with Gasteiger partial charge in [0.2, 0.25) is 0 Å². The Morgan fingerprint density at radius 3 is 2.65 bits per heavy atom. The number of ether oxygens (including phenoxy) is 2. The van der Waals surface area contributed by atoms with Crippen molar-refractivity contribution in [2.75, 3.05) is 6.61 Å². The van der Waals surface area contributed by atoms with Crippen LogP contribution in [0.1, 0.15) is 15.3 Å². The molecular formula is C12H16ClNaO3. The maximum absolute atomic E-state index is 10.3. The molecule has 90 valence electrons. The molecule has 0 radical (unpaired) electrons. The van der Waals surface area contributed by atoms with Crippen molar-refractivity contribution in [2.45, 2.75) is 26.1 Å². The molecule has 0 aliphatic heterocycles. The molecule has 0 saturated heterocycles. The van der Waals surface area contributed by atoms with Gasteiger partial charge in [-0.1, -0.05) is 23.7 Å². The van der Waals surface area contributed by atoms with Crippen molar-refractivity contribution < 1.29 is 45.3 Å². The van der Waals surface area contributed by atoms with Crippen LogP contribution in [0.15, 0.2) is 24.3 Å². The maximum Gasteiger partial charge on any atom is 1.00 e. The van der Waals surface area contributed by atoms with Gasteiger partial charge < -0.3 is 15.7 Å². The summed E-state index contributed by atoms with van der Waals surface area (Å²) in [5.41, 5.74) is 0. The first kappa shape index (κ1) is 16.9. The number of carbonyl (C=O) groups is 1. The second-order valence-corrected chi connectivity index (χ2v) is 3.94. The third-order valence-corrected chi connectivity index (χ3v) is 2.26. The van der Waals surface area contributed by atoms with Crippen molar-refractivity contribution in [1.82, 2.24) is 0 Å². The molecule has 17 heavy (non-hydrogen) atoms. The number of halogens is 1. The molecule has 0 aromatic heterocycles. The smallest absolute Gasteiger partial charge is 1.00 e. The van der Waals surface area contributed by atoms with E-state index in [1.54, 1.807) is 19.1 Å². The van der Waals surface area contributed by atoms with Crippen LogP contribution in [0, 0.1) is 0 Å².